The highest BCUT2D eigenvalue weighted by molar-refractivity contribution is 8.00. The van der Waals surface area contributed by atoms with Crippen molar-refractivity contribution in [2.24, 2.45) is 0 Å². The minimum Gasteiger partial charge on any atom is -0.324 e. The third-order valence-corrected chi connectivity index (χ3v) is 6.41. The van der Waals surface area contributed by atoms with Crippen molar-refractivity contribution in [3.8, 4) is 0 Å². The number of carbonyl (C=O) groups is 1. The standard InChI is InChI=1S/C16H16N2O3S2/c1-18(10-12-5-3-2-4-6-12)23(20,21)13-7-8-15-14(9-13)17-16(19)11-22-15/h2-9H,10-11H2,1H3,(H,17,19). The van der Waals surface area contributed by atoms with Gasteiger partial charge in [-0.2, -0.15) is 4.31 Å². The molecule has 0 unspecified atom stereocenters. The smallest absolute Gasteiger partial charge is 0.243 e. The second kappa shape index (κ2) is 6.35. The molecule has 0 aliphatic carbocycles. The van der Waals surface area contributed by atoms with E-state index in [4.69, 9.17) is 0 Å². The Balaban J connectivity index is 1.87. The van der Waals surface area contributed by atoms with Crippen LogP contribution in [0.25, 0.3) is 0 Å². The number of amides is 1. The zero-order chi connectivity index (χ0) is 16.4. The lowest BCUT2D eigenvalue weighted by Gasteiger charge is -2.20. The molecule has 2 aromatic rings. The van der Waals surface area contributed by atoms with E-state index >= 15 is 0 Å². The predicted molar refractivity (Wildman–Crippen MR) is 90.9 cm³/mol. The Kier molecular flexibility index (Phi) is 4.43. The predicted octanol–water partition coefficient (Wildman–Crippen LogP) is 2.55. The van der Waals surface area contributed by atoms with Crippen LogP contribution < -0.4 is 5.32 Å². The van der Waals surface area contributed by atoms with Crippen molar-refractivity contribution < 1.29 is 13.2 Å². The zero-order valence-electron chi connectivity index (χ0n) is 12.5. The Hall–Kier alpha value is -1.83. The van der Waals surface area contributed by atoms with Crippen molar-refractivity contribution in [2.45, 2.75) is 16.3 Å². The number of anilines is 1. The molecule has 0 fully saturated rings. The van der Waals surface area contributed by atoms with Gasteiger partial charge in [0.05, 0.1) is 16.3 Å². The lowest BCUT2D eigenvalue weighted by atomic mass is 10.2. The number of rotatable bonds is 4. The summed E-state index contributed by atoms with van der Waals surface area (Å²) in [7, 11) is -2.06. The Bertz CT molecular complexity index is 836. The van der Waals surface area contributed by atoms with Crippen LogP contribution in [0.2, 0.25) is 0 Å². The molecule has 0 saturated heterocycles. The highest BCUT2D eigenvalue weighted by Gasteiger charge is 2.24. The van der Waals surface area contributed by atoms with Crippen LogP contribution in [0.1, 0.15) is 5.56 Å². The van der Waals surface area contributed by atoms with Crippen LogP contribution >= 0.6 is 11.8 Å². The number of thioether (sulfide) groups is 1. The summed E-state index contributed by atoms with van der Waals surface area (Å²) in [5.41, 5.74) is 1.47. The van der Waals surface area contributed by atoms with Gasteiger partial charge in [-0.15, -0.1) is 11.8 Å². The third-order valence-electron chi connectivity index (χ3n) is 3.54. The van der Waals surface area contributed by atoms with Gasteiger partial charge in [0, 0.05) is 18.5 Å². The third kappa shape index (κ3) is 3.41. The quantitative estimate of drug-likeness (QED) is 0.922. The van der Waals surface area contributed by atoms with Gasteiger partial charge in [0.2, 0.25) is 15.9 Å². The molecule has 0 saturated carbocycles. The summed E-state index contributed by atoms with van der Waals surface area (Å²) in [6.07, 6.45) is 0. The summed E-state index contributed by atoms with van der Waals surface area (Å²) < 4.78 is 26.7. The van der Waals surface area contributed by atoms with E-state index < -0.39 is 10.0 Å². The molecule has 5 nitrogen and oxygen atoms in total. The van der Waals surface area contributed by atoms with Gasteiger partial charge >= 0.3 is 0 Å². The van der Waals surface area contributed by atoms with Crippen LogP contribution in [-0.2, 0) is 21.4 Å². The largest absolute Gasteiger partial charge is 0.324 e. The summed E-state index contributed by atoms with van der Waals surface area (Å²) in [5.74, 6) is 0.238. The van der Waals surface area contributed by atoms with Gasteiger partial charge in [-0.25, -0.2) is 8.42 Å². The maximum absolute atomic E-state index is 12.7. The molecule has 0 radical (unpaired) electrons. The molecule has 1 aliphatic rings. The molecular formula is C16H16N2O3S2. The molecule has 1 aliphatic heterocycles. The molecule has 1 N–H and O–H groups in total. The van der Waals surface area contributed by atoms with Crippen molar-refractivity contribution in [2.75, 3.05) is 18.1 Å². The van der Waals surface area contributed by atoms with Gasteiger partial charge < -0.3 is 5.32 Å². The van der Waals surface area contributed by atoms with E-state index in [9.17, 15) is 13.2 Å². The number of benzene rings is 2. The molecule has 2 aromatic carbocycles. The number of hydrogen-bond acceptors (Lipinski definition) is 4. The van der Waals surface area contributed by atoms with Crippen molar-refractivity contribution in [3.63, 3.8) is 0 Å². The molecule has 0 aromatic heterocycles. The van der Waals surface area contributed by atoms with Gasteiger partial charge in [-0.1, -0.05) is 30.3 Å². The van der Waals surface area contributed by atoms with E-state index in [2.05, 4.69) is 5.32 Å². The molecule has 1 amide bonds. The number of fused-ring (bicyclic) bond motifs is 1. The highest BCUT2D eigenvalue weighted by Crippen LogP contribution is 2.33. The number of nitrogens with zero attached hydrogens (tertiary/aromatic N) is 1. The van der Waals surface area contributed by atoms with Gasteiger partial charge in [0.25, 0.3) is 0 Å². The van der Waals surface area contributed by atoms with Crippen LogP contribution in [0.3, 0.4) is 0 Å². The number of hydrogen-bond donors (Lipinski definition) is 1. The van der Waals surface area contributed by atoms with E-state index in [1.54, 1.807) is 19.2 Å². The van der Waals surface area contributed by atoms with Crippen molar-refractivity contribution >= 4 is 33.4 Å². The fourth-order valence-corrected chi connectivity index (χ4v) is 4.30. The minimum atomic E-state index is -3.62. The van der Waals surface area contributed by atoms with E-state index in [1.165, 1.54) is 22.1 Å². The fraction of sp³-hybridized carbons (Fsp3) is 0.188. The normalized spacial score (nSPS) is 14.4. The summed E-state index contributed by atoms with van der Waals surface area (Å²) in [6, 6.07) is 14.3. The number of nitrogens with one attached hydrogen (secondary N) is 1. The Morgan fingerprint density at radius 3 is 2.65 bits per heavy atom. The summed E-state index contributed by atoms with van der Waals surface area (Å²) in [5, 5.41) is 2.72. The van der Waals surface area contributed by atoms with Crippen molar-refractivity contribution in [3.05, 3.63) is 54.1 Å². The molecule has 7 heteroatoms. The Morgan fingerprint density at radius 2 is 1.91 bits per heavy atom. The van der Waals surface area contributed by atoms with E-state index in [-0.39, 0.29) is 10.8 Å². The van der Waals surface area contributed by atoms with Gasteiger partial charge in [0.15, 0.2) is 0 Å². The molecule has 0 spiro atoms. The Morgan fingerprint density at radius 1 is 1.17 bits per heavy atom. The van der Waals surface area contributed by atoms with Crippen molar-refractivity contribution in [1.82, 2.24) is 4.31 Å². The molecule has 23 heavy (non-hydrogen) atoms. The SMILES string of the molecule is CN(Cc1ccccc1)S(=O)(=O)c1ccc2c(c1)NC(=O)CS2. The number of sulfonamides is 1. The van der Waals surface area contributed by atoms with Gasteiger partial charge in [0.1, 0.15) is 0 Å². The second-order valence-electron chi connectivity index (χ2n) is 5.24. The maximum atomic E-state index is 12.7. The first-order chi connectivity index (χ1) is 11.0. The Labute approximate surface area is 139 Å². The molecule has 0 bridgehead atoms. The van der Waals surface area contributed by atoms with Gasteiger partial charge in [-0.05, 0) is 23.8 Å². The monoisotopic (exact) mass is 348 g/mol. The van der Waals surface area contributed by atoms with Crippen LogP contribution in [-0.4, -0.2) is 31.4 Å². The van der Waals surface area contributed by atoms with Crippen LogP contribution in [0.5, 0.6) is 0 Å². The topological polar surface area (TPSA) is 66.5 Å². The minimum absolute atomic E-state index is 0.116. The average Bonchev–Trinajstić information content (AvgIpc) is 2.55. The van der Waals surface area contributed by atoms with E-state index in [1.807, 2.05) is 30.3 Å². The second-order valence-corrected chi connectivity index (χ2v) is 8.30. The zero-order valence-corrected chi connectivity index (χ0v) is 14.2. The summed E-state index contributed by atoms with van der Waals surface area (Å²) in [4.78, 5) is 12.5. The average molecular weight is 348 g/mol. The van der Waals surface area contributed by atoms with Crippen molar-refractivity contribution in [1.29, 1.82) is 0 Å². The summed E-state index contributed by atoms with van der Waals surface area (Å²) in [6.45, 7) is 0.293. The summed E-state index contributed by atoms with van der Waals surface area (Å²) >= 11 is 1.41. The highest BCUT2D eigenvalue weighted by atomic mass is 32.2. The van der Waals surface area contributed by atoms with E-state index in [0.717, 1.165) is 10.5 Å². The first kappa shape index (κ1) is 16.0. The van der Waals surface area contributed by atoms with Crippen LogP contribution in [0, 0.1) is 0 Å². The maximum Gasteiger partial charge on any atom is 0.243 e. The van der Waals surface area contributed by atoms with Gasteiger partial charge in [-0.3, -0.25) is 4.79 Å². The number of carbonyl (C=O) groups excluding carboxylic acids is 1. The fourth-order valence-electron chi connectivity index (χ4n) is 2.33. The lowest BCUT2D eigenvalue weighted by molar-refractivity contribution is -0.113. The van der Waals surface area contributed by atoms with Crippen LogP contribution in [0.15, 0.2) is 58.3 Å². The molecular weight excluding hydrogens is 332 g/mol. The first-order valence-electron chi connectivity index (χ1n) is 7.04. The van der Waals surface area contributed by atoms with Crippen LogP contribution in [0.4, 0.5) is 5.69 Å². The van der Waals surface area contributed by atoms with E-state index in [0.29, 0.717) is 18.0 Å². The molecule has 0 atom stereocenters. The molecule has 120 valence electrons. The first-order valence-corrected chi connectivity index (χ1v) is 9.46. The molecule has 3 rings (SSSR count). The molecule has 1 heterocycles. The lowest BCUT2D eigenvalue weighted by Crippen LogP contribution is -2.27.